The van der Waals surface area contributed by atoms with Gasteiger partial charge in [-0.15, -0.1) is 0 Å². The number of hydrogen-bond acceptors (Lipinski definition) is 4. The monoisotopic (exact) mass is 315 g/mol. The molecule has 5 heteroatoms. The summed E-state index contributed by atoms with van der Waals surface area (Å²) < 4.78 is 10.9. The summed E-state index contributed by atoms with van der Waals surface area (Å²) in [7, 11) is 3.20. The molecule has 0 saturated carbocycles. The first-order valence-corrected chi connectivity index (χ1v) is 6.47. The van der Waals surface area contributed by atoms with E-state index in [4.69, 9.17) is 15.2 Å². The first kappa shape index (κ1) is 15.1. The van der Waals surface area contributed by atoms with E-state index in [1.165, 1.54) is 0 Å². The minimum Gasteiger partial charge on any atom is -0.496 e. The van der Waals surface area contributed by atoms with Crippen LogP contribution in [0.15, 0.2) is 22.7 Å². The normalized spacial score (nSPS) is 12.2. The highest BCUT2D eigenvalue weighted by molar-refractivity contribution is 9.10. The molecule has 0 aromatic heterocycles. The molecule has 0 aliphatic rings. The molecule has 100 valence electrons. The average molecular weight is 316 g/mol. The summed E-state index contributed by atoms with van der Waals surface area (Å²) in [6, 6.07) is 5.10. The van der Waals surface area contributed by atoms with Gasteiger partial charge in [-0.2, -0.15) is 0 Å². The highest BCUT2D eigenvalue weighted by atomic mass is 79.9. The molecule has 0 aliphatic carbocycles. The fourth-order valence-corrected chi connectivity index (χ4v) is 2.15. The van der Waals surface area contributed by atoms with Gasteiger partial charge in [-0.1, -0.05) is 6.07 Å². The number of nitrogens with two attached hydrogens (primary N) is 1. The number of ether oxygens (including phenoxy) is 2. The Morgan fingerprint density at radius 3 is 2.72 bits per heavy atom. The maximum absolute atomic E-state index is 11.9. The Morgan fingerprint density at radius 2 is 2.17 bits per heavy atom. The van der Waals surface area contributed by atoms with Gasteiger partial charge in [0, 0.05) is 20.1 Å². The Kier molecular flexibility index (Phi) is 6.32. The molecule has 0 heterocycles. The third kappa shape index (κ3) is 4.40. The SMILES string of the molecule is COCCC(N)C(=O)Cc1ccc(OC)c(Br)c1. The van der Waals surface area contributed by atoms with Gasteiger partial charge in [-0.3, -0.25) is 4.79 Å². The number of rotatable bonds is 7. The summed E-state index contributed by atoms with van der Waals surface area (Å²) in [6.45, 7) is 0.499. The Labute approximate surface area is 116 Å². The zero-order valence-corrected chi connectivity index (χ0v) is 12.2. The largest absolute Gasteiger partial charge is 0.496 e. The number of Topliss-reactive ketones (excluding diaryl/α,β-unsaturated/α-hetero) is 1. The molecule has 18 heavy (non-hydrogen) atoms. The van der Waals surface area contributed by atoms with Crippen molar-refractivity contribution >= 4 is 21.7 Å². The van der Waals surface area contributed by atoms with Crippen LogP contribution in [0.25, 0.3) is 0 Å². The van der Waals surface area contributed by atoms with Gasteiger partial charge >= 0.3 is 0 Å². The van der Waals surface area contributed by atoms with Crippen molar-refractivity contribution in [3.63, 3.8) is 0 Å². The number of carbonyl (C=O) groups excluding carboxylic acids is 1. The van der Waals surface area contributed by atoms with E-state index in [-0.39, 0.29) is 5.78 Å². The Bertz CT molecular complexity index is 409. The molecular formula is C13H18BrNO3. The minimum absolute atomic E-state index is 0.0177. The van der Waals surface area contributed by atoms with Crippen molar-refractivity contribution in [3.8, 4) is 5.75 Å². The minimum atomic E-state index is -0.467. The summed E-state index contributed by atoms with van der Waals surface area (Å²) in [5.74, 6) is 0.763. The lowest BCUT2D eigenvalue weighted by Crippen LogP contribution is -2.32. The van der Waals surface area contributed by atoms with Crippen molar-refractivity contribution in [2.75, 3.05) is 20.8 Å². The standard InChI is InChI=1S/C13H18BrNO3/c1-17-6-5-11(15)12(16)8-9-3-4-13(18-2)10(14)7-9/h3-4,7,11H,5-6,8,15H2,1-2H3. The van der Waals surface area contributed by atoms with Gasteiger partial charge in [0.25, 0.3) is 0 Å². The zero-order chi connectivity index (χ0) is 13.5. The van der Waals surface area contributed by atoms with Crippen LogP contribution in [0.3, 0.4) is 0 Å². The van der Waals surface area contributed by atoms with Crippen molar-refractivity contribution in [2.45, 2.75) is 18.9 Å². The first-order valence-electron chi connectivity index (χ1n) is 5.68. The summed E-state index contributed by atoms with van der Waals surface area (Å²) in [6.07, 6.45) is 0.875. The molecule has 0 radical (unpaired) electrons. The predicted molar refractivity (Wildman–Crippen MR) is 73.9 cm³/mol. The third-order valence-corrected chi connectivity index (χ3v) is 3.26. The van der Waals surface area contributed by atoms with Crippen molar-refractivity contribution in [1.29, 1.82) is 0 Å². The van der Waals surface area contributed by atoms with E-state index in [0.29, 0.717) is 19.4 Å². The Hall–Kier alpha value is -0.910. The number of hydrogen-bond donors (Lipinski definition) is 1. The van der Waals surface area contributed by atoms with Gasteiger partial charge in [-0.05, 0) is 40.0 Å². The van der Waals surface area contributed by atoms with E-state index in [1.54, 1.807) is 14.2 Å². The molecule has 0 aliphatic heterocycles. The van der Waals surface area contributed by atoms with Gasteiger partial charge in [0.1, 0.15) is 5.75 Å². The highest BCUT2D eigenvalue weighted by Gasteiger charge is 2.14. The lowest BCUT2D eigenvalue weighted by Gasteiger charge is -2.11. The third-order valence-electron chi connectivity index (χ3n) is 2.64. The molecule has 1 rings (SSSR count). The lowest BCUT2D eigenvalue weighted by molar-refractivity contribution is -0.120. The Balaban J connectivity index is 2.61. The van der Waals surface area contributed by atoms with E-state index in [1.807, 2.05) is 18.2 Å². The van der Waals surface area contributed by atoms with Crippen LogP contribution in [0.4, 0.5) is 0 Å². The number of carbonyl (C=O) groups is 1. The summed E-state index contributed by atoms with van der Waals surface area (Å²) in [5, 5.41) is 0. The van der Waals surface area contributed by atoms with Crippen molar-refractivity contribution in [2.24, 2.45) is 5.73 Å². The molecule has 1 atom stereocenters. The summed E-state index contributed by atoms with van der Waals surface area (Å²) in [5.41, 5.74) is 6.70. The number of halogens is 1. The van der Waals surface area contributed by atoms with Crippen molar-refractivity contribution in [3.05, 3.63) is 28.2 Å². The van der Waals surface area contributed by atoms with Gasteiger partial charge in [-0.25, -0.2) is 0 Å². The van der Waals surface area contributed by atoms with Crippen LogP contribution in [0.1, 0.15) is 12.0 Å². The van der Waals surface area contributed by atoms with Crippen LogP contribution in [-0.2, 0) is 16.0 Å². The molecule has 1 aromatic rings. The van der Waals surface area contributed by atoms with Crippen LogP contribution in [0.2, 0.25) is 0 Å². The van der Waals surface area contributed by atoms with E-state index in [9.17, 15) is 4.79 Å². The summed E-state index contributed by atoms with van der Waals surface area (Å²) in [4.78, 5) is 11.9. The molecule has 0 spiro atoms. The molecule has 1 unspecified atom stereocenters. The molecule has 4 nitrogen and oxygen atoms in total. The maximum Gasteiger partial charge on any atom is 0.153 e. The van der Waals surface area contributed by atoms with Crippen LogP contribution in [-0.4, -0.2) is 32.7 Å². The number of ketones is 1. The second-order valence-corrected chi connectivity index (χ2v) is 4.85. The van der Waals surface area contributed by atoms with E-state index < -0.39 is 6.04 Å². The van der Waals surface area contributed by atoms with Crippen LogP contribution >= 0.6 is 15.9 Å². The van der Waals surface area contributed by atoms with Crippen LogP contribution in [0, 0.1) is 0 Å². The molecule has 0 fully saturated rings. The van der Waals surface area contributed by atoms with Crippen molar-refractivity contribution in [1.82, 2.24) is 0 Å². The highest BCUT2D eigenvalue weighted by Crippen LogP contribution is 2.25. The van der Waals surface area contributed by atoms with Gasteiger partial charge in [0.2, 0.25) is 0 Å². The average Bonchev–Trinajstić information content (AvgIpc) is 2.36. The van der Waals surface area contributed by atoms with Gasteiger partial charge < -0.3 is 15.2 Å². The maximum atomic E-state index is 11.9. The number of methoxy groups -OCH3 is 2. The molecule has 0 bridgehead atoms. The molecule has 1 aromatic carbocycles. The molecule has 2 N–H and O–H groups in total. The fraction of sp³-hybridized carbons (Fsp3) is 0.462. The molecule has 0 amide bonds. The smallest absolute Gasteiger partial charge is 0.153 e. The second kappa shape index (κ2) is 7.51. The quantitative estimate of drug-likeness (QED) is 0.835. The van der Waals surface area contributed by atoms with E-state index >= 15 is 0 Å². The summed E-state index contributed by atoms with van der Waals surface area (Å²) >= 11 is 3.39. The van der Waals surface area contributed by atoms with Crippen LogP contribution in [0.5, 0.6) is 5.75 Å². The van der Waals surface area contributed by atoms with Crippen LogP contribution < -0.4 is 10.5 Å². The fourth-order valence-electron chi connectivity index (χ4n) is 1.56. The van der Waals surface area contributed by atoms with E-state index in [2.05, 4.69) is 15.9 Å². The lowest BCUT2D eigenvalue weighted by atomic mass is 10.0. The van der Waals surface area contributed by atoms with E-state index in [0.717, 1.165) is 15.8 Å². The zero-order valence-electron chi connectivity index (χ0n) is 10.6. The first-order chi connectivity index (χ1) is 8.58. The van der Waals surface area contributed by atoms with Crippen molar-refractivity contribution < 1.29 is 14.3 Å². The van der Waals surface area contributed by atoms with Gasteiger partial charge in [0.05, 0.1) is 17.6 Å². The number of benzene rings is 1. The predicted octanol–water partition coefficient (Wildman–Crippen LogP) is 1.93. The van der Waals surface area contributed by atoms with Gasteiger partial charge in [0.15, 0.2) is 5.78 Å². The second-order valence-electron chi connectivity index (χ2n) is 4.00. The molecular weight excluding hydrogens is 298 g/mol. The Morgan fingerprint density at radius 1 is 1.44 bits per heavy atom. The molecule has 0 saturated heterocycles. The topological polar surface area (TPSA) is 61.5 Å².